The number of benzene rings is 2. The Morgan fingerprint density at radius 3 is 2.64 bits per heavy atom. The van der Waals surface area contributed by atoms with Gasteiger partial charge >= 0.3 is 0 Å². The summed E-state index contributed by atoms with van der Waals surface area (Å²) in [6.45, 7) is 6.82. The van der Waals surface area contributed by atoms with Crippen molar-refractivity contribution in [1.82, 2.24) is 4.90 Å². The van der Waals surface area contributed by atoms with E-state index >= 15 is 0 Å². The zero-order valence-corrected chi connectivity index (χ0v) is 14.8. The second-order valence-electron chi connectivity index (χ2n) is 6.29. The average Bonchev–Trinajstić information content (AvgIpc) is 3.08. The summed E-state index contributed by atoms with van der Waals surface area (Å²) in [5, 5.41) is 10.3. The van der Waals surface area contributed by atoms with Crippen LogP contribution < -0.4 is 14.2 Å². The summed E-state index contributed by atoms with van der Waals surface area (Å²) in [4.78, 5) is 2.18. The highest BCUT2D eigenvalue weighted by Crippen LogP contribution is 2.32. The number of ether oxygens (including phenoxy) is 3. The van der Waals surface area contributed by atoms with E-state index in [1.807, 2.05) is 49.4 Å². The smallest absolute Gasteiger partial charge is 0.231 e. The first-order valence-corrected chi connectivity index (χ1v) is 8.62. The van der Waals surface area contributed by atoms with E-state index in [9.17, 15) is 5.11 Å². The molecule has 1 N–H and O–H groups in total. The SMILES string of the molecule is CCN(Cc1ccc2c(c1)OCO2)CC(O)COc1ccc(C)cc1. The molecule has 2 aromatic carbocycles. The Morgan fingerprint density at radius 2 is 1.88 bits per heavy atom. The molecule has 0 fully saturated rings. The molecular formula is C20H25NO4. The Hall–Kier alpha value is -2.24. The van der Waals surface area contributed by atoms with Gasteiger partial charge in [-0.05, 0) is 43.3 Å². The molecule has 0 saturated heterocycles. The second-order valence-corrected chi connectivity index (χ2v) is 6.29. The van der Waals surface area contributed by atoms with Crippen molar-refractivity contribution in [2.45, 2.75) is 26.5 Å². The lowest BCUT2D eigenvalue weighted by Crippen LogP contribution is -2.35. The lowest BCUT2D eigenvalue weighted by Gasteiger charge is -2.24. The quantitative estimate of drug-likeness (QED) is 0.798. The maximum atomic E-state index is 10.3. The third kappa shape index (κ3) is 4.87. The van der Waals surface area contributed by atoms with E-state index in [1.54, 1.807) is 0 Å². The molecule has 5 heteroatoms. The number of rotatable bonds is 8. The van der Waals surface area contributed by atoms with Crippen molar-refractivity contribution in [2.75, 3.05) is 26.5 Å². The van der Waals surface area contributed by atoms with Crippen LogP contribution in [0.4, 0.5) is 0 Å². The molecule has 0 radical (unpaired) electrons. The third-order valence-corrected chi connectivity index (χ3v) is 4.22. The Labute approximate surface area is 148 Å². The fourth-order valence-corrected chi connectivity index (χ4v) is 2.78. The third-order valence-electron chi connectivity index (χ3n) is 4.22. The van der Waals surface area contributed by atoms with Crippen molar-refractivity contribution in [3.63, 3.8) is 0 Å². The number of likely N-dealkylation sites (N-methyl/N-ethyl adjacent to an activating group) is 1. The van der Waals surface area contributed by atoms with Crippen LogP contribution in [0.2, 0.25) is 0 Å². The van der Waals surface area contributed by atoms with Crippen molar-refractivity contribution in [1.29, 1.82) is 0 Å². The van der Waals surface area contributed by atoms with Gasteiger partial charge in [0.2, 0.25) is 6.79 Å². The summed E-state index contributed by atoms with van der Waals surface area (Å²) in [6.07, 6.45) is -0.546. The zero-order valence-electron chi connectivity index (χ0n) is 14.8. The van der Waals surface area contributed by atoms with Crippen molar-refractivity contribution in [2.24, 2.45) is 0 Å². The molecule has 1 heterocycles. The first-order valence-electron chi connectivity index (χ1n) is 8.62. The van der Waals surface area contributed by atoms with Gasteiger partial charge in [-0.3, -0.25) is 4.90 Å². The molecule has 3 rings (SSSR count). The molecule has 1 unspecified atom stereocenters. The van der Waals surface area contributed by atoms with E-state index in [-0.39, 0.29) is 13.4 Å². The van der Waals surface area contributed by atoms with Gasteiger partial charge in [0.15, 0.2) is 11.5 Å². The topological polar surface area (TPSA) is 51.2 Å². The normalized spacial score (nSPS) is 13.9. The Morgan fingerprint density at radius 1 is 1.12 bits per heavy atom. The molecule has 2 aromatic rings. The molecule has 0 aliphatic carbocycles. The molecule has 0 aromatic heterocycles. The number of hydrogen-bond acceptors (Lipinski definition) is 5. The Balaban J connectivity index is 1.50. The number of nitrogens with zero attached hydrogens (tertiary/aromatic N) is 1. The molecule has 0 bridgehead atoms. The molecule has 0 saturated carbocycles. The lowest BCUT2D eigenvalue weighted by atomic mass is 10.2. The fraction of sp³-hybridized carbons (Fsp3) is 0.400. The summed E-state index contributed by atoms with van der Waals surface area (Å²) in [5.41, 5.74) is 2.33. The molecule has 25 heavy (non-hydrogen) atoms. The standard InChI is InChI=1S/C20H25NO4/c1-3-21(11-16-6-9-19-20(10-16)25-14-24-19)12-17(22)13-23-18-7-4-15(2)5-8-18/h4-10,17,22H,3,11-14H2,1-2H3. The highest BCUT2D eigenvalue weighted by molar-refractivity contribution is 5.44. The maximum absolute atomic E-state index is 10.3. The van der Waals surface area contributed by atoms with Gasteiger partial charge in [0.25, 0.3) is 0 Å². The van der Waals surface area contributed by atoms with E-state index in [0.29, 0.717) is 6.54 Å². The Bertz CT molecular complexity index is 687. The van der Waals surface area contributed by atoms with Gasteiger partial charge in [-0.15, -0.1) is 0 Å². The van der Waals surface area contributed by atoms with Crippen molar-refractivity contribution in [3.05, 3.63) is 53.6 Å². The van der Waals surface area contributed by atoms with Gasteiger partial charge in [0, 0.05) is 13.1 Å². The second kappa shape index (κ2) is 8.23. The van der Waals surface area contributed by atoms with Crippen molar-refractivity contribution in [3.8, 4) is 17.2 Å². The van der Waals surface area contributed by atoms with Crippen LogP contribution in [0, 0.1) is 6.92 Å². The Kier molecular flexibility index (Phi) is 5.79. The average molecular weight is 343 g/mol. The van der Waals surface area contributed by atoms with Crippen molar-refractivity contribution < 1.29 is 19.3 Å². The van der Waals surface area contributed by atoms with E-state index in [4.69, 9.17) is 14.2 Å². The number of aliphatic hydroxyl groups is 1. The number of aliphatic hydroxyl groups excluding tert-OH is 1. The van der Waals surface area contributed by atoms with E-state index < -0.39 is 6.10 Å². The molecule has 134 valence electrons. The largest absolute Gasteiger partial charge is 0.491 e. The molecule has 0 spiro atoms. The number of aryl methyl sites for hydroxylation is 1. The van der Waals surface area contributed by atoms with Gasteiger partial charge in [-0.2, -0.15) is 0 Å². The molecule has 1 aliphatic heterocycles. The highest BCUT2D eigenvalue weighted by atomic mass is 16.7. The summed E-state index contributed by atoms with van der Waals surface area (Å²) in [5.74, 6) is 2.36. The van der Waals surface area contributed by atoms with E-state index in [2.05, 4.69) is 11.8 Å². The van der Waals surface area contributed by atoms with Crippen LogP contribution >= 0.6 is 0 Å². The minimum Gasteiger partial charge on any atom is -0.491 e. The molecule has 1 atom stereocenters. The summed E-state index contributed by atoms with van der Waals surface area (Å²) in [7, 11) is 0. The summed E-state index contributed by atoms with van der Waals surface area (Å²) in [6, 6.07) is 13.8. The van der Waals surface area contributed by atoms with Gasteiger partial charge in [-0.1, -0.05) is 30.7 Å². The van der Waals surface area contributed by atoms with Crippen LogP contribution in [0.25, 0.3) is 0 Å². The van der Waals surface area contributed by atoms with Gasteiger partial charge in [0.05, 0.1) is 0 Å². The van der Waals surface area contributed by atoms with Crippen LogP contribution in [0.15, 0.2) is 42.5 Å². The van der Waals surface area contributed by atoms with Gasteiger partial charge < -0.3 is 19.3 Å². The number of fused-ring (bicyclic) bond motifs is 1. The van der Waals surface area contributed by atoms with Crippen LogP contribution in [0.5, 0.6) is 17.2 Å². The van der Waals surface area contributed by atoms with Gasteiger partial charge in [-0.25, -0.2) is 0 Å². The molecular weight excluding hydrogens is 318 g/mol. The first-order chi connectivity index (χ1) is 12.1. The monoisotopic (exact) mass is 343 g/mol. The predicted octanol–water partition coefficient (Wildman–Crippen LogP) is 2.99. The minimum absolute atomic E-state index is 0.278. The molecule has 0 amide bonds. The zero-order chi connectivity index (χ0) is 17.6. The molecule has 1 aliphatic rings. The van der Waals surface area contributed by atoms with E-state index in [0.717, 1.165) is 35.9 Å². The first kappa shape index (κ1) is 17.6. The lowest BCUT2D eigenvalue weighted by molar-refractivity contribution is 0.0674. The predicted molar refractivity (Wildman–Crippen MR) is 96.2 cm³/mol. The fourth-order valence-electron chi connectivity index (χ4n) is 2.78. The van der Waals surface area contributed by atoms with Crippen LogP contribution in [-0.2, 0) is 6.54 Å². The van der Waals surface area contributed by atoms with Crippen molar-refractivity contribution >= 4 is 0 Å². The van der Waals surface area contributed by atoms with Crippen LogP contribution in [0.3, 0.4) is 0 Å². The summed E-state index contributed by atoms with van der Waals surface area (Å²) >= 11 is 0. The van der Waals surface area contributed by atoms with Gasteiger partial charge in [0.1, 0.15) is 18.5 Å². The molecule has 5 nitrogen and oxygen atoms in total. The van der Waals surface area contributed by atoms with E-state index in [1.165, 1.54) is 5.56 Å². The number of hydrogen-bond donors (Lipinski definition) is 1. The van der Waals surface area contributed by atoms with Crippen LogP contribution in [-0.4, -0.2) is 42.6 Å². The highest BCUT2D eigenvalue weighted by Gasteiger charge is 2.16. The summed E-state index contributed by atoms with van der Waals surface area (Å²) < 4.78 is 16.4. The van der Waals surface area contributed by atoms with Crippen LogP contribution in [0.1, 0.15) is 18.1 Å². The minimum atomic E-state index is -0.546. The maximum Gasteiger partial charge on any atom is 0.231 e.